The number of benzene rings is 3. The number of fused-ring (bicyclic) bond motifs is 1. The lowest BCUT2D eigenvalue weighted by Gasteiger charge is -2.27. The van der Waals surface area contributed by atoms with Crippen molar-refractivity contribution in [2.45, 2.75) is 100 Å². The van der Waals surface area contributed by atoms with Crippen molar-refractivity contribution in [1.82, 2.24) is 36.9 Å². The van der Waals surface area contributed by atoms with E-state index >= 15 is 0 Å². The number of aliphatic carboxylic acids is 3. The lowest BCUT2D eigenvalue weighted by atomic mass is 10.0. The molecule has 3 aromatic carbocycles. The van der Waals surface area contributed by atoms with E-state index in [1.54, 1.807) is 36.7 Å². The second-order valence-corrected chi connectivity index (χ2v) is 17.9. The van der Waals surface area contributed by atoms with Crippen LogP contribution in [-0.4, -0.2) is 144 Å². The summed E-state index contributed by atoms with van der Waals surface area (Å²) in [6.45, 7) is 0. The summed E-state index contributed by atoms with van der Waals surface area (Å²) < 4.78 is 0. The van der Waals surface area contributed by atoms with Crippen LogP contribution in [0.2, 0.25) is 0 Å². The molecule has 0 radical (unpaired) electrons. The molecule has 4 aromatic rings. The van der Waals surface area contributed by atoms with Gasteiger partial charge in [-0.1, -0.05) is 42.5 Å². The van der Waals surface area contributed by atoms with E-state index in [4.69, 9.17) is 11.5 Å². The topological polar surface area (TPSA) is 412 Å². The Morgan fingerprint density at radius 2 is 1.01 bits per heavy atom. The van der Waals surface area contributed by atoms with Gasteiger partial charge in [-0.05, 0) is 78.3 Å². The number of aromatic amines is 1. The smallest absolute Gasteiger partial charge is 0.326 e. The minimum atomic E-state index is -1.85. The largest absolute Gasteiger partial charge is 0.508 e. The number of carbonyl (C=O) groups is 10. The van der Waals surface area contributed by atoms with Crippen LogP contribution >= 0.6 is 11.8 Å². The Hall–Kier alpha value is -8.19. The molecule has 7 atom stereocenters. The summed E-state index contributed by atoms with van der Waals surface area (Å²) in [7, 11) is 0. The van der Waals surface area contributed by atoms with E-state index in [0.717, 1.165) is 0 Å². The van der Waals surface area contributed by atoms with Gasteiger partial charge in [0.05, 0.1) is 12.5 Å². The number of primary amides is 1. The fraction of sp³-hybridized carbons (Fsp3) is 0.375. The maximum absolute atomic E-state index is 14.6. The number of phenols is 2. The Kier molecular flexibility index (Phi) is 22.0. The van der Waals surface area contributed by atoms with Gasteiger partial charge in [-0.2, -0.15) is 11.8 Å². The third kappa shape index (κ3) is 18.8. The van der Waals surface area contributed by atoms with E-state index in [1.807, 2.05) is 0 Å². The van der Waals surface area contributed by atoms with Crippen molar-refractivity contribution in [3.05, 3.63) is 95.7 Å². The van der Waals surface area contributed by atoms with Crippen molar-refractivity contribution in [2.75, 3.05) is 12.0 Å². The van der Waals surface area contributed by atoms with Gasteiger partial charge in [0, 0.05) is 49.2 Å². The van der Waals surface area contributed by atoms with E-state index < -0.39 is 121 Å². The zero-order valence-electron chi connectivity index (χ0n) is 39.5. The first kappa shape index (κ1) is 57.4. The van der Waals surface area contributed by atoms with Gasteiger partial charge in [-0.15, -0.1) is 0 Å². The number of phenolic OH excluding ortho intramolecular Hbond substituents is 2. The molecule has 0 spiro atoms. The Labute approximate surface area is 421 Å². The van der Waals surface area contributed by atoms with Crippen LogP contribution in [0.25, 0.3) is 10.9 Å². The number of carbonyl (C=O) groups excluding carboxylic acids is 7. The van der Waals surface area contributed by atoms with Crippen molar-refractivity contribution >= 4 is 81.9 Å². The van der Waals surface area contributed by atoms with Crippen molar-refractivity contribution < 1.29 is 73.5 Å². The fourth-order valence-corrected chi connectivity index (χ4v) is 7.84. The van der Waals surface area contributed by atoms with E-state index in [0.29, 0.717) is 27.6 Å². The number of H-pyrrole nitrogens is 1. The highest BCUT2D eigenvalue weighted by Gasteiger charge is 2.35. The van der Waals surface area contributed by atoms with Crippen LogP contribution in [0.3, 0.4) is 0 Å². The molecule has 1 aromatic heterocycles. The number of rotatable bonds is 30. The molecule has 1 heterocycles. The van der Waals surface area contributed by atoms with Crippen LogP contribution in [0.4, 0.5) is 0 Å². The van der Waals surface area contributed by atoms with Crippen molar-refractivity contribution in [2.24, 2.45) is 11.5 Å². The zero-order chi connectivity index (χ0) is 53.8. The van der Waals surface area contributed by atoms with Crippen molar-refractivity contribution in [3.63, 3.8) is 0 Å². The van der Waals surface area contributed by atoms with Gasteiger partial charge in [0.2, 0.25) is 41.4 Å². The van der Waals surface area contributed by atoms with Gasteiger partial charge in [0.15, 0.2) is 0 Å². The molecule has 0 aliphatic heterocycles. The zero-order valence-corrected chi connectivity index (χ0v) is 40.3. The summed E-state index contributed by atoms with van der Waals surface area (Å²) in [5, 5.41) is 64.1. The van der Waals surface area contributed by atoms with Crippen molar-refractivity contribution in [1.29, 1.82) is 0 Å². The van der Waals surface area contributed by atoms with Crippen molar-refractivity contribution in [3.8, 4) is 11.5 Å². The fourth-order valence-electron chi connectivity index (χ4n) is 7.37. The van der Waals surface area contributed by atoms with Gasteiger partial charge in [-0.25, -0.2) is 4.79 Å². The molecular weight excluding hydrogens is 975 g/mol. The van der Waals surface area contributed by atoms with Crippen LogP contribution in [-0.2, 0) is 67.2 Å². The maximum Gasteiger partial charge on any atom is 0.326 e. The summed E-state index contributed by atoms with van der Waals surface area (Å²) in [4.78, 5) is 134. The molecule has 0 aliphatic carbocycles. The number of aromatic nitrogens is 1. The number of aromatic hydroxyl groups is 2. The van der Waals surface area contributed by atoms with Gasteiger partial charge >= 0.3 is 17.9 Å². The summed E-state index contributed by atoms with van der Waals surface area (Å²) in [5.74, 6) is -11.2. The lowest BCUT2D eigenvalue weighted by molar-refractivity contribution is -0.143. The molecule has 0 unspecified atom stereocenters. The summed E-state index contributed by atoms with van der Waals surface area (Å²) in [5.41, 5.74) is 13.1. The van der Waals surface area contributed by atoms with Crippen LogP contribution in [0, 0.1) is 0 Å². The highest BCUT2D eigenvalue weighted by molar-refractivity contribution is 7.98. The molecule has 4 rings (SSSR count). The Bertz CT molecular complexity index is 2610. The number of thioether (sulfide) groups is 1. The molecule has 0 bridgehead atoms. The highest BCUT2D eigenvalue weighted by atomic mass is 32.2. The highest BCUT2D eigenvalue weighted by Crippen LogP contribution is 2.20. The van der Waals surface area contributed by atoms with Gasteiger partial charge in [0.1, 0.15) is 47.8 Å². The first-order valence-electron chi connectivity index (χ1n) is 22.8. The third-order valence-corrected chi connectivity index (χ3v) is 11.9. The summed E-state index contributed by atoms with van der Waals surface area (Å²) in [6.07, 6.45) is -0.162. The molecular formula is C48H59N9O15S. The second-order valence-electron chi connectivity index (χ2n) is 16.9. The molecule has 392 valence electrons. The summed E-state index contributed by atoms with van der Waals surface area (Å²) >= 11 is 1.27. The number of nitrogens with one attached hydrogen (secondary N) is 7. The minimum Gasteiger partial charge on any atom is -0.508 e. The van der Waals surface area contributed by atoms with E-state index in [9.17, 15) is 73.5 Å². The number of amides is 7. The number of nitrogens with two attached hydrogens (primary N) is 2. The Morgan fingerprint density at radius 1 is 0.548 bits per heavy atom. The van der Waals surface area contributed by atoms with E-state index in [2.05, 4.69) is 36.9 Å². The SMILES string of the molecule is CSCC[C@H](NC(=O)[C@H](Cc1ccc(O)cc1)NC(=O)[C@H](Cc1c[nH]c2ccccc12)NC(=O)[C@H](CCC(=O)O)NC(=O)[C@@H](N)CCC(N)=O)C(=O)N[C@@H](CC(=O)O)C(=O)N[C@@H](Cc1ccc(O)cc1)C(=O)O. The van der Waals surface area contributed by atoms with Crippen LogP contribution < -0.4 is 43.4 Å². The van der Waals surface area contributed by atoms with Crippen LogP contribution in [0.15, 0.2) is 79.0 Å². The average Bonchev–Trinajstić information content (AvgIpc) is 3.75. The molecule has 24 nitrogen and oxygen atoms in total. The van der Waals surface area contributed by atoms with Gasteiger partial charge in [-0.3, -0.25) is 43.2 Å². The monoisotopic (exact) mass is 1030 g/mol. The Balaban J connectivity index is 1.66. The molecule has 16 N–H and O–H groups in total. The lowest BCUT2D eigenvalue weighted by Crippen LogP contribution is -2.60. The minimum absolute atomic E-state index is 0.0953. The first-order valence-corrected chi connectivity index (χ1v) is 24.2. The second kappa shape index (κ2) is 28.0. The first-order chi connectivity index (χ1) is 34.6. The van der Waals surface area contributed by atoms with E-state index in [-0.39, 0.29) is 55.8 Å². The third-order valence-electron chi connectivity index (χ3n) is 11.3. The standard InChI is InChI=1S/C48H59N9O15S/c1-73-19-18-34(44(67)56-37(23-41(63)64)47(70)57-38(48(71)72)21-26-8-12-29(59)13-9-26)53-45(68)35(20-25-6-10-28(58)11-7-25)54-46(69)36(22-27-24-51-32-5-3-2-4-30(27)32)55-43(66)33(15-17-40(61)62)52-42(65)31(49)14-16-39(50)60/h2-13,24,31,33-38,51,58-59H,14-23,49H2,1H3,(H2,50,60)(H,52,65)(H,53,68)(H,54,69)(H,55,66)(H,56,67)(H,57,70)(H,61,62)(H,63,64)(H,71,72)/t31-,33-,34-,35-,36-,37-,38-/m0/s1. The van der Waals surface area contributed by atoms with E-state index in [1.165, 1.54) is 60.3 Å². The number of hydrogen-bond acceptors (Lipinski definition) is 14. The maximum atomic E-state index is 14.6. The van der Waals surface area contributed by atoms with Gasteiger partial charge < -0.3 is 73.9 Å². The number of carboxylic acid groups (broad SMARTS) is 3. The predicted molar refractivity (Wildman–Crippen MR) is 263 cm³/mol. The predicted octanol–water partition coefficient (Wildman–Crippen LogP) is -0.714. The molecule has 0 saturated heterocycles. The number of hydrogen-bond donors (Lipinski definition) is 14. The Morgan fingerprint density at radius 3 is 1.55 bits per heavy atom. The van der Waals surface area contributed by atoms with Crippen LogP contribution in [0.1, 0.15) is 55.2 Å². The average molecular weight is 1030 g/mol. The summed E-state index contributed by atoms with van der Waals surface area (Å²) in [6, 6.07) is 7.02. The van der Waals surface area contributed by atoms with Crippen LogP contribution in [0.5, 0.6) is 11.5 Å². The molecule has 73 heavy (non-hydrogen) atoms. The normalized spacial score (nSPS) is 13.9. The molecule has 0 fully saturated rings. The number of para-hydroxylation sites is 1. The molecule has 0 aliphatic rings. The van der Waals surface area contributed by atoms with Gasteiger partial charge in [0.25, 0.3) is 0 Å². The quantitative estimate of drug-likeness (QED) is 0.0307. The molecule has 25 heteroatoms. The molecule has 0 saturated carbocycles. The molecule has 7 amide bonds. The number of carboxylic acids is 3.